The van der Waals surface area contributed by atoms with Crippen LogP contribution in [-0.2, 0) is 0 Å². The van der Waals surface area contributed by atoms with E-state index in [9.17, 15) is 0 Å². The Morgan fingerprint density at radius 1 is 1.50 bits per heavy atom. The van der Waals surface area contributed by atoms with Gasteiger partial charge in [-0.2, -0.15) is 0 Å². The van der Waals surface area contributed by atoms with Crippen LogP contribution in [0, 0.1) is 10.8 Å². The minimum Gasteiger partial charge on any atom is -0.292 e. The van der Waals surface area contributed by atoms with E-state index < -0.39 is 0 Å². The molecule has 0 amide bonds. The van der Waals surface area contributed by atoms with Crippen molar-refractivity contribution >= 4 is 22.3 Å². The summed E-state index contributed by atoms with van der Waals surface area (Å²) in [5.74, 6) is 0. The molecule has 0 bridgehead atoms. The fourth-order valence-electron chi connectivity index (χ4n) is 0.597. The lowest BCUT2D eigenvalue weighted by molar-refractivity contribution is 0.981. The Morgan fingerprint density at radius 2 is 2.20 bits per heavy atom. The lowest BCUT2D eigenvalue weighted by atomic mass is 10.5. The summed E-state index contributed by atoms with van der Waals surface area (Å²) in [6.45, 7) is 0. The number of halogens is 1. The molecule has 0 aliphatic carbocycles. The topological polar surface area (TPSA) is 52.6 Å². The lowest BCUT2D eigenvalue weighted by Crippen LogP contribution is -2.16. The van der Waals surface area contributed by atoms with Gasteiger partial charge in [0.1, 0.15) is 5.49 Å². The summed E-state index contributed by atoms with van der Waals surface area (Å²) in [4.78, 5) is 0. The number of hydrogen-bond donors (Lipinski definition) is 2. The third-order valence-electron chi connectivity index (χ3n) is 1.08. The van der Waals surface area contributed by atoms with Crippen LogP contribution in [0.2, 0.25) is 0 Å². The monoisotopic (exact) mass is 199 g/mol. The van der Waals surface area contributed by atoms with Crippen LogP contribution in [0.3, 0.4) is 0 Å². The molecule has 0 saturated carbocycles. The van der Waals surface area contributed by atoms with Crippen LogP contribution >= 0.6 is 15.9 Å². The predicted molar refractivity (Wildman–Crippen MR) is 42.2 cm³/mol. The summed E-state index contributed by atoms with van der Waals surface area (Å²) >= 11 is 3.23. The van der Waals surface area contributed by atoms with Gasteiger partial charge in [0.15, 0.2) is 0 Å². The van der Waals surface area contributed by atoms with E-state index in [0.29, 0.717) is 5.49 Å². The molecule has 1 heterocycles. The second-order valence-electron chi connectivity index (χ2n) is 1.77. The van der Waals surface area contributed by atoms with Crippen molar-refractivity contribution in [3.8, 4) is 0 Å². The van der Waals surface area contributed by atoms with Crippen LogP contribution in [0.1, 0.15) is 0 Å². The minimum atomic E-state index is 0.304. The smallest absolute Gasteiger partial charge is 0.130 e. The number of pyridine rings is 1. The van der Waals surface area contributed by atoms with E-state index in [2.05, 4.69) is 15.9 Å². The Morgan fingerprint density at radius 3 is 2.70 bits per heavy atom. The number of nitrogens with one attached hydrogen (secondary N) is 2. The summed E-state index contributed by atoms with van der Waals surface area (Å²) in [6, 6.07) is 3.39. The molecule has 1 rings (SSSR count). The minimum absolute atomic E-state index is 0.304. The number of rotatable bonds is 1. The van der Waals surface area contributed by atoms with Crippen molar-refractivity contribution in [1.29, 1.82) is 10.8 Å². The van der Waals surface area contributed by atoms with Crippen molar-refractivity contribution in [2.24, 2.45) is 0 Å². The van der Waals surface area contributed by atoms with Gasteiger partial charge >= 0.3 is 0 Å². The second-order valence-corrected chi connectivity index (χ2v) is 2.68. The molecule has 1 aromatic rings. The highest BCUT2D eigenvalue weighted by Crippen LogP contribution is 2.03. The van der Waals surface area contributed by atoms with Gasteiger partial charge < -0.3 is 0 Å². The molecule has 10 heavy (non-hydrogen) atoms. The maximum absolute atomic E-state index is 7.26. The Bertz CT molecular complexity index is 302. The molecule has 0 unspecified atom stereocenters. The van der Waals surface area contributed by atoms with Crippen molar-refractivity contribution < 1.29 is 0 Å². The highest BCUT2D eigenvalue weighted by atomic mass is 79.9. The van der Waals surface area contributed by atoms with Crippen LogP contribution in [-0.4, -0.2) is 10.9 Å². The largest absolute Gasteiger partial charge is 0.292 e. The lowest BCUT2D eigenvalue weighted by Gasteiger charge is -1.96. The van der Waals surface area contributed by atoms with E-state index in [1.165, 1.54) is 4.57 Å². The van der Waals surface area contributed by atoms with Crippen LogP contribution in [0.5, 0.6) is 0 Å². The molecule has 0 radical (unpaired) electrons. The number of hydrogen-bond acceptors (Lipinski definition) is 2. The summed E-state index contributed by atoms with van der Waals surface area (Å²) in [7, 11) is 0. The first-order valence-electron chi connectivity index (χ1n) is 2.67. The zero-order chi connectivity index (χ0) is 7.56. The van der Waals surface area contributed by atoms with Gasteiger partial charge in [0.05, 0.1) is 6.34 Å². The van der Waals surface area contributed by atoms with E-state index in [0.717, 1.165) is 10.8 Å². The van der Waals surface area contributed by atoms with E-state index in [1.54, 1.807) is 18.3 Å². The van der Waals surface area contributed by atoms with Gasteiger partial charge in [-0.15, -0.1) is 0 Å². The van der Waals surface area contributed by atoms with Gasteiger partial charge in [0, 0.05) is 10.7 Å². The quantitative estimate of drug-likeness (QED) is 0.505. The first-order valence-corrected chi connectivity index (χ1v) is 3.46. The summed E-state index contributed by atoms with van der Waals surface area (Å²) < 4.78 is 2.27. The van der Waals surface area contributed by atoms with Gasteiger partial charge in [-0.05, 0) is 28.1 Å². The molecular formula is C6H6BrN3. The zero-order valence-electron chi connectivity index (χ0n) is 5.13. The van der Waals surface area contributed by atoms with E-state index >= 15 is 0 Å². The number of nitrogens with zero attached hydrogens (tertiary/aromatic N) is 1. The average molecular weight is 200 g/mol. The second kappa shape index (κ2) is 2.79. The Kier molecular flexibility index (Phi) is 2.01. The molecule has 0 aromatic carbocycles. The molecule has 0 saturated heterocycles. The van der Waals surface area contributed by atoms with Crippen molar-refractivity contribution in [3.63, 3.8) is 0 Å². The SMILES string of the molecule is N=Cn1cc(Br)ccc1=N. The molecule has 0 aliphatic heterocycles. The molecule has 0 spiro atoms. The Balaban J connectivity index is 3.35. The maximum atomic E-state index is 7.26. The molecule has 2 N–H and O–H groups in total. The fraction of sp³-hybridized carbons (Fsp3) is 0. The third kappa shape index (κ3) is 1.33. The predicted octanol–water partition coefficient (Wildman–Crippen LogP) is 1.19. The molecule has 52 valence electrons. The molecule has 1 aromatic heterocycles. The fourth-order valence-corrected chi connectivity index (χ4v) is 0.950. The Labute approximate surface area is 66.5 Å². The molecule has 0 fully saturated rings. The summed E-state index contributed by atoms with van der Waals surface area (Å²) in [5.41, 5.74) is 0.304. The van der Waals surface area contributed by atoms with Crippen molar-refractivity contribution in [2.45, 2.75) is 0 Å². The molecular weight excluding hydrogens is 194 g/mol. The van der Waals surface area contributed by atoms with Gasteiger partial charge in [-0.25, -0.2) is 0 Å². The van der Waals surface area contributed by atoms with Crippen molar-refractivity contribution in [3.05, 3.63) is 28.3 Å². The van der Waals surface area contributed by atoms with Crippen LogP contribution < -0.4 is 5.49 Å². The van der Waals surface area contributed by atoms with Crippen LogP contribution in [0.25, 0.3) is 0 Å². The van der Waals surface area contributed by atoms with Gasteiger partial charge in [-0.3, -0.25) is 15.4 Å². The first kappa shape index (κ1) is 7.21. The molecule has 4 heteroatoms. The average Bonchev–Trinajstić information content (AvgIpc) is 1.94. The van der Waals surface area contributed by atoms with Crippen molar-refractivity contribution in [1.82, 2.24) is 4.57 Å². The Hall–Kier alpha value is -0.900. The highest BCUT2D eigenvalue weighted by molar-refractivity contribution is 9.10. The summed E-state index contributed by atoms with van der Waals surface area (Å²) in [5, 5.41) is 14.1. The van der Waals surface area contributed by atoms with Crippen LogP contribution in [0.15, 0.2) is 22.8 Å². The van der Waals surface area contributed by atoms with E-state index in [-0.39, 0.29) is 0 Å². The highest BCUT2D eigenvalue weighted by Gasteiger charge is 1.87. The van der Waals surface area contributed by atoms with E-state index in [4.69, 9.17) is 10.8 Å². The molecule has 0 aliphatic rings. The van der Waals surface area contributed by atoms with Gasteiger partial charge in [0.25, 0.3) is 0 Å². The first-order chi connectivity index (χ1) is 4.74. The molecule has 0 atom stereocenters. The number of aromatic nitrogens is 1. The third-order valence-corrected chi connectivity index (χ3v) is 1.55. The molecule has 3 nitrogen and oxygen atoms in total. The normalized spacial score (nSPS) is 9.30. The van der Waals surface area contributed by atoms with Crippen LogP contribution in [0.4, 0.5) is 0 Å². The van der Waals surface area contributed by atoms with Crippen molar-refractivity contribution in [2.75, 3.05) is 0 Å². The standard InChI is InChI=1S/C6H6BrN3/c7-5-1-2-6(9)10(3-5)4-8/h1-4,8-9H. The van der Waals surface area contributed by atoms with E-state index in [1.807, 2.05) is 0 Å². The summed E-state index contributed by atoms with van der Waals surface area (Å²) in [6.07, 6.45) is 2.75. The maximum Gasteiger partial charge on any atom is 0.130 e. The zero-order valence-corrected chi connectivity index (χ0v) is 6.72. The van der Waals surface area contributed by atoms with Gasteiger partial charge in [0.2, 0.25) is 0 Å². The van der Waals surface area contributed by atoms with Gasteiger partial charge in [-0.1, -0.05) is 0 Å².